The van der Waals surface area contributed by atoms with Gasteiger partial charge in [0, 0.05) is 67.9 Å². The Morgan fingerprint density at radius 3 is 0.710 bits per heavy atom. The SMILES string of the molecule is c1ccc(N(c2ccccc2)c2ccc(N(c3ccc(N(c4ccccc4)c4ccccc4)cc3)c3ccc(N(c4ccccc4)c4cccc5ccccc45)cc3)cc2)cc1. The number of fused-ring (bicyclic) bond motifs is 1. The van der Waals surface area contributed by atoms with Gasteiger partial charge in [0.1, 0.15) is 0 Å². The van der Waals surface area contributed by atoms with Crippen LogP contribution in [0.15, 0.2) is 267 Å². The number of hydrogen-bond donors (Lipinski definition) is 0. The van der Waals surface area contributed by atoms with Gasteiger partial charge in [-0.2, -0.15) is 0 Å². The Morgan fingerprint density at radius 2 is 0.387 bits per heavy atom. The molecule has 0 spiro atoms. The molecular weight excluding hydrogens is 753 g/mol. The van der Waals surface area contributed by atoms with Crippen molar-refractivity contribution in [1.82, 2.24) is 0 Å². The highest BCUT2D eigenvalue weighted by molar-refractivity contribution is 5.99. The van der Waals surface area contributed by atoms with Gasteiger partial charge >= 0.3 is 0 Å². The van der Waals surface area contributed by atoms with E-state index in [9.17, 15) is 0 Å². The fraction of sp³-hybridized carbons (Fsp3) is 0. The molecule has 0 aliphatic heterocycles. The van der Waals surface area contributed by atoms with Crippen LogP contribution in [-0.4, -0.2) is 0 Å². The van der Waals surface area contributed by atoms with E-state index in [4.69, 9.17) is 0 Å². The number of para-hydroxylation sites is 5. The summed E-state index contributed by atoms with van der Waals surface area (Å²) < 4.78 is 0. The van der Waals surface area contributed by atoms with Crippen molar-refractivity contribution < 1.29 is 0 Å². The topological polar surface area (TPSA) is 13.0 Å². The van der Waals surface area contributed by atoms with E-state index >= 15 is 0 Å². The van der Waals surface area contributed by atoms with Crippen molar-refractivity contribution in [2.24, 2.45) is 0 Å². The quantitative estimate of drug-likeness (QED) is 0.122. The van der Waals surface area contributed by atoms with Gasteiger partial charge in [-0.25, -0.2) is 0 Å². The van der Waals surface area contributed by atoms with E-state index in [2.05, 4.69) is 287 Å². The summed E-state index contributed by atoms with van der Waals surface area (Å²) in [5.41, 5.74) is 13.0. The number of rotatable bonds is 12. The van der Waals surface area contributed by atoms with Crippen molar-refractivity contribution in [3.63, 3.8) is 0 Å². The van der Waals surface area contributed by atoms with E-state index in [0.29, 0.717) is 0 Å². The molecule has 0 heterocycles. The first-order valence-corrected chi connectivity index (χ1v) is 21.0. The van der Waals surface area contributed by atoms with Gasteiger partial charge < -0.3 is 19.6 Å². The van der Waals surface area contributed by atoms with Crippen molar-refractivity contribution >= 4 is 79.0 Å². The molecule has 62 heavy (non-hydrogen) atoms. The van der Waals surface area contributed by atoms with Gasteiger partial charge in [-0.05, 0) is 145 Å². The second kappa shape index (κ2) is 17.5. The maximum Gasteiger partial charge on any atom is 0.0540 e. The van der Waals surface area contributed by atoms with Gasteiger partial charge in [0.15, 0.2) is 0 Å². The Bertz CT molecular complexity index is 2770. The Kier molecular flexibility index (Phi) is 10.7. The molecule has 0 atom stereocenters. The second-order valence-electron chi connectivity index (χ2n) is 15.1. The van der Waals surface area contributed by atoms with E-state index in [1.807, 2.05) is 0 Å². The first-order valence-electron chi connectivity index (χ1n) is 21.0. The third-order valence-corrected chi connectivity index (χ3v) is 11.2. The lowest BCUT2D eigenvalue weighted by molar-refractivity contribution is 1.24. The molecule has 0 saturated carbocycles. The van der Waals surface area contributed by atoms with Crippen LogP contribution in [0, 0.1) is 0 Å². The molecule has 0 N–H and O–H groups in total. The third-order valence-electron chi connectivity index (χ3n) is 11.2. The summed E-state index contributed by atoms with van der Waals surface area (Å²) in [4.78, 5) is 9.28. The lowest BCUT2D eigenvalue weighted by atomic mass is 10.1. The molecule has 296 valence electrons. The zero-order valence-corrected chi connectivity index (χ0v) is 34.2. The van der Waals surface area contributed by atoms with Crippen molar-refractivity contribution in [3.8, 4) is 0 Å². The molecule has 0 aliphatic carbocycles. The van der Waals surface area contributed by atoms with E-state index in [1.54, 1.807) is 0 Å². The van der Waals surface area contributed by atoms with Crippen molar-refractivity contribution in [1.29, 1.82) is 0 Å². The number of nitrogens with zero attached hydrogens (tertiary/aromatic N) is 4. The predicted octanol–water partition coefficient (Wildman–Crippen LogP) is 16.7. The maximum atomic E-state index is 2.35. The molecule has 0 aromatic heterocycles. The minimum absolute atomic E-state index is 1.05. The van der Waals surface area contributed by atoms with Gasteiger partial charge in [-0.15, -0.1) is 0 Å². The summed E-state index contributed by atoms with van der Waals surface area (Å²) in [7, 11) is 0. The fourth-order valence-corrected chi connectivity index (χ4v) is 8.31. The Labute approximate surface area is 364 Å². The molecule has 0 radical (unpaired) electrons. The minimum Gasteiger partial charge on any atom is -0.311 e. The summed E-state index contributed by atoms with van der Waals surface area (Å²) in [5, 5.41) is 2.40. The summed E-state index contributed by atoms with van der Waals surface area (Å²) >= 11 is 0. The highest BCUT2D eigenvalue weighted by Crippen LogP contribution is 2.43. The average molecular weight is 797 g/mol. The molecule has 0 saturated heterocycles. The fourth-order valence-electron chi connectivity index (χ4n) is 8.31. The first-order chi connectivity index (χ1) is 30.8. The van der Waals surface area contributed by atoms with E-state index in [1.165, 1.54) is 10.8 Å². The van der Waals surface area contributed by atoms with E-state index < -0.39 is 0 Å². The lowest BCUT2D eigenvalue weighted by Crippen LogP contribution is -2.14. The van der Waals surface area contributed by atoms with Crippen LogP contribution in [0.1, 0.15) is 0 Å². The molecular formula is C58H44N4. The molecule has 4 heteroatoms. The van der Waals surface area contributed by atoms with Crippen molar-refractivity contribution in [3.05, 3.63) is 267 Å². The third kappa shape index (κ3) is 7.77. The van der Waals surface area contributed by atoms with E-state index in [0.717, 1.165) is 68.2 Å². The Balaban J connectivity index is 1.07. The predicted molar refractivity (Wildman–Crippen MR) is 263 cm³/mol. The molecule has 10 rings (SSSR count). The van der Waals surface area contributed by atoms with Crippen LogP contribution >= 0.6 is 0 Å². The largest absolute Gasteiger partial charge is 0.311 e. The molecule has 0 amide bonds. The molecule has 0 unspecified atom stereocenters. The number of benzene rings is 10. The summed E-state index contributed by atoms with van der Waals surface area (Å²) in [6.07, 6.45) is 0. The van der Waals surface area contributed by atoms with Crippen LogP contribution in [0.2, 0.25) is 0 Å². The molecule has 4 nitrogen and oxygen atoms in total. The van der Waals surface area contributed by atoms with Crippen LogP contribution < -0.4 is 19.6 Å². The molecule has 10 aromatic rings. The van der Waals surface area contributed by atoms with Gasteiger partial charge in [0.05, 0.1) is 5.69 Å². The highest BCUT2D eigenvalue weighted by Gasteiger charge is 2.20. The monoisotopic (exact) mass is 796 g/mol. The molecule has 0 bridgehead atoms. The highest BCUT2D eigenvalue weighted by atomic mass is 15.2. The Hall–Kier alpha value is -8.34. The lowest BCUT2D eigenvalue weighted by Gasteiger charge is -2.30. The van der Waals surface area contributed by atoms with Crippen LogP contribution in [-0.2, 0) is 0 Å². The van der Waals surface area contributed by atoms with Crippen LogP contribution in [0.5, 0.6) is 0 Å². The van der Waals surface area contributed by atoms with Crippen molar-refractivity contribution in [2.75, 3.05) is 19.6 Å². The summed E-state index contributed by atoms with van der Waals surface area (Å²) in [6, 6.07) is 94.6. The second-order valence-corrected chi connectivity index (χ2v) is 15.1. The number of anilines is 12. The maximum absolute atomic E-state index is 2.35. The van der Waals surface area contributed by atoms with Gasteiger partial charge in [0.25, 0.3) is 0 Å². The van der Waals surface area contributed by atoms with E-state index in [-0.39, 0.29) is 0 Å². The standard InChI is InChI=1S/C58H44N4/c1-6-21-46(22-7-1)59(47-23-8-2-9-24-47)51-33-37-53(38-34-51)61(54-39-35-52(36-40-54)60(48-25-10-3-11-26-48)49-27-12-4-13-28-49)55-41-43-56(44-42-55)62(50-29-14-5-15-30-50)58-32-18-20-45-19-16-17-31-57(45)58/h1-44H. The van der Waals surface area contributed by atoms with Gasteiger partial charge in [-0.1, -0.05) is 127 Å². The number of hydrogen-bond acceptors (Lipinski definition) is 4. The van der Waals surface area contributed by atoms with Crippen molar-refractivity contribution in [2.45, 2.75) is 0 Å². The van der Waals surface area contributed by atoms with Gasteiger partial charge in [-0.3, -0.25) is 0 Å². The normalized spacial score (nSPS) is 10.9. The van der Waals surface area contributed by atoms with Crippen LogP contribution in [0.3, 0.4) is 0 Å². The molecule has 10 aromatic carbocycles. The van der Waals surface area contributed by atoms with Crippen LogP contribution in [0.4, 0.5) is 68.2 Å². The van der Waals surface area contributed by atoms with Crippen LogP contribution in [0.25, 0.3) is 10.8 Å². The first kappa shape index (κ1) is 37.9. The van der Waals surface area contributed by atoms with Gasteiger partial charge in [0.2, 0.25) is 0 Å². The summed E-state index contributed by atoms with van der Waals surface area (Å²) in [6.45, 7) is 0. The molecule has 0 fully saturated rings. The smallest absolute Gasteiger partial charge is 0.0540 e. The Morgan fingerprint density at radius 1 is 0.161 bits per heavy atom. The minimum atomic E-state index is 1.05. The average Bonchev–Trinajstić information content (AvgIpc) is 3.35. The zero-order chi connectivity index (χ0) is 41.5. The molecule has 0 aliphatic rings. The zero-order valence-electron chi connectivity index (χ0n) is 34.2. The summed E-state index contributed by atoms with van der Waals surface area (Å²) in [5.74, 6) is 0.